The van der Waals surface area contributed by atoms with E-state index >= 15 is 0 Å². The van der Waals surface area contributed by atoms with Crippen LogP contribution in [0.5, 0.6) is 0 Å². The number of nitro benzene ring substituents is 1. The van der Waals surface area contributed by atoms with E-state index in [1.54, 1.807) is 37.1 Å². The van der Waals surface area contributed by atoms with Crippen LogP contribution >= 0.6 is 0 Å². The number of aromatic nitrogens is 1. The number of anilines is 1. The molecule has 7 nitrogen and oxygen atoms in total. The summed E-state index contributed by atoms with van der Waals surface area (Å²) < 4.78 is 23.5. The van der Waals surface area contributed by atoms with Crippen molar-refractivity contribution in [2.45, 2.75) is 19.9 Å². The zero-order valence-corrected chi connectivity index (χ0v) is 14.1. The number of sulfone groups is 1. The second-order valence-electron chi connectivity index (χ2n) is 5.46. The van der Waals surface area contributed by atoms with Gasteiger partial charge in [0, 0.05) is 36.4 Å². The Labute approximate surface area is 135 Å². The highest BCUT2D eigenvalue weighted by molar-refractivity contribution is 7.91. The van der Waals surface area contributed by atoms with Crippen LogP contribution in [0, 0.1) is 10.1 Å². The second-order valence-corrected chi connectivity index (χ2v) is 7.86. The summed E-state index contributed by atoms with van der Waals surface area (Å²) in [6.07, 6.45) is 0. The van der Waals surface area contributed by atoms with Crippen LogP contribution in [0.15, 0.2) is 30.3 Å². The molecule has 0 saturated carbocycles. The third-order valence-electron chi connectivity index (χ3n) is 3.83. The Balaban J connectivity index is 2.29. The van der Waals surface area contributed by atoms with Gasteiger partial charge in [0.15, 0.2) is 9.84 Å². The van der Waals surface area contributed by atoms with Crippen molar-refractivity contribution < 1.29 is 13.3 Å². The predicted octanol–water partition coefficient (Wildman–Crippen LogP) is 2.40. The van der Waals surface area contributed by atoms with E-state index < -0.39 is 14.8 Å². The molecule has 23 heavy (non-hydrogen) atoms. The molecule has 0 radical (unpaired) electrons. The van der Waals surface area contributed by atoms with Gasteiger partial charge in [-0.2, -0.15) is 0 Å². The third kappa shape index (κ3) is 3.95. The molecule has 1 aromatic heterocycles. The molecule has 1 unspecified atom stereocenters. The molecular weight excluding hydrogens is 318 g/mol. The first-order chi connectivity index (χ1) is 10.7. The molecule has 0 amide bonds. The maximum Gasteiger partial charge on any atom is 0.270 e. The maximum absolute atomic E-state index is 11.7. The van der Waals surface area contributed by atoms with Gasteiger partial charge >= 0.3 is 0 Å². The Morgan fingerprint density at radius 1 is 1.30 bits per heavy atom. The lowest BCUT2D eigenvalue weighted by Crippen LogP contribution is -2.36. The van der Waals surface area contributed by atoms with Crippen LogP contribution in [-0.2, 0) is 9.84 Å². The number of nitro groups is 1. The largest absolute Gasteiger partial charge is 0.356 e. The number of benzene rings is 1. The topological polar surface area (TPSA) is 93.4 Å². The van der Waals surface area contributed by atoms with Gasteiger partial charge in [-0.3, -0.25) is 10.1 Å². The zero-order chi connectivity index (χ0) is 17.2. The Morgan fingerprint density at radius 2 is 2.00 bits per heavy atom. The first-order valence-electron chi connectivity index (χ1n) is 7.22. The fourth-order valence-corrected chi connectivity index (χ4v) is 3.43. The van der Waals surface area contributed by atoms with Gasteiger partial charge in [-0.05, 0) is 25.1 Å². The molecule has 0 fully saturated rings. The lowest BCUT2D eigenvalue weighted by molar-refractivity contribution is -0.384. The van der Waals surface area contributed by atoms with Crippen LogP contribution in [-0.4, -0.2) is 42.9 Å². The van der Waals surface area contributed by atoms with Crippen molar-refractivity contribution in [1.82, 2.24) is 4.98 Å². The summed E-state index contributed by atoms with van der Waals surface area (Å²) in [6, 6.07) is 7.74. The smallest absolute Gasteiger partial charge is 0.270 e. The molecule has 0 saturated heterocycles. The van der Waals surface area contributed by atoms with Gasteiger partial charge in [-0.25, -0.2) is 13.4 Å². The summed E-state index contributed by atoms with van der Waals surface area (Å²) in [5, 5.41) is 11.5. The van der Waals surface area contributed by atoms with Gasteiger partial charge in [0.05, 0.1) is 16.2 Å². The molecule has 8 heteroatoms. The second kappa shape index (κ2) is 6.49. The normalized spacial score (nSPS) is 13.0. The standard InChI is InChI=1S/C15H19N3O4S/c1-4-23(21,22)10-11(2)17(3)15-8-5-12-9-13(18(19)20)6-7-14(12)16-15/h5-9,11H,4,10H2,1-3H3. The quantitative estimate of drug-likeness (QED) is 0.593. The van der Waals surface area contributed by atoms with Gasteiger partial charge in [-0.1, -0.05) is 6.92 Å². The molecule has 1 aromatic carbocycles. The molecule has 0 aliphatic heterocycles. The van der Waals surface area contributed by atoms with Gasteiger partial charge in [0.1, 0.15) is 5.82 Å². The molecule has 0 bridgehead atoms. The Bertz CT molecular complexity index is 836. The lowest BCUT2D eigenvalue weighted by atomic mass is 10.2. The van der Waals surface area contributed by atoms with Gasteiger partial charge in [-0.15, -0.1) is 0 Å². The highest BCUT2D eigenvalue weighted by Crippen LogP contribution is 2.23. The van der Waals surface area contributed by atoms with Crippen molar-refractivity contribution in [3.63, 3.8) is 0 Å². The van der Waals surface area contributed by atoms with Crippen LogP contribution in [0.3, 0.4) is 0 Å². The third-order valence-corrected chi connectivity index (χ3v) is 5.70. The minimum absolute atomic E-state index is 0.0165. The molecule has 2 aromatic rings. The number of rotatable bonds is 6. The van der Waals surface area contributed by atoms with Crippen LogP contribution in [0.1, 0.15) is 13.8 Å². The van der Waals surface area contributed by atoms with Crippen LogP contribution in [0.25, 0.3) is 10.9 Å². The van der Waals surface area contributed by atoms with Crippen molar-refractivity contribution >= 4 is 32.2 Å². The highest BCUT2D eigenvalue weighted by Gasteiger charge is 2.19. The first kappa shape index (κ1) is 17.1. The zero-order valence-electron chi connectivity index (χ0n) is 13.3. The first-order valence-corrected chi connectivity index (χ1v) is 9.04. The van der Waals surface area contributed by atoms with E-state index in [-0.39, 0.29) is 23.2 Å². The molecule has 2 rings (SSSR count). The van der Waals surface area contributed by atoms with Gasteiger partial charge < -0.3 is 4.90 Å². The van der Waals surface area contributed by atoms with Crippen molar-refractivity contribution in [3.8, 4) is 0 Å². The number of nitrogens with zero attached hydrogens (tertiary/aromatic N) is 3. The van der Waals surface area contributed by atoms with Gasteiger partial charge in [0.25, 0.3) is 5.69 Å². The molecule has 1 heterocycles. The number of hydrogen-bond acceptors (Lipinski definition) is 6. The summed E-state index contributed by atoms with van der Waals surface area (Å²) in [6.45, 7) is 3.46. The average molecular weight is 337 g/mol. The van der Waals surface area contributed by atoms with E-state index in [2.05, 4.69) is 4.98 Å². The highest BCUT2D eigenvalue weighted by atomic mass is 32.2. The van der Waals surface area contributed by atoms with Crippen molar-refractivity contribution in [2.75, 3.05) is 23.5 Å². The van der Waals surface area contributed by atoms with E-state index in [0.717, 1.165) is 0 Å². The molecule has 0 spiro atoms. The molecule has 1 atom stereocenters. The molecule has 0 aliphatic rings. The Hall–Kier alpha value is -2.22. The van der Waals surface area contributed by atoms with Gasteiger partial charge in [0.2, 0.25) is 0 Å². The van der Waals surface area contributed by atoms with Crippen LogP contribution in [0.4, 0.5) is 11.5 Å². The number of pyridine rings is 1. The van der Waals surface area contributed by atoms with Crippen molar-refractivity contribution in [3.05, 3.63) is 40.4 Å². The number of fused-ring (bicyclic) bond motifs is 1. The average Bonchev–Trinajstić information content (AvgIpc) is 2.52. The van der Waals surface area contributed by atoms with Crippen molar-refractivity contribution in [1.29, 1.82) is 0 Å². The summed E-state index contributed by atoms with van der Waals surface area (Å²) in [4.78, 5) is 16.6. The fourth-order valence-electron chi connectivity index (χ4n) is 2.24. The van der Waals surface area contributed by atoms with Crippen molar-refractivity contribution in [2.24, 2.45) is 0 Å². The minimum atomic E-state index is -3.07. The monoisotopic (exact) mass is 337 g/mol. The summed E-state index contributed by atoms with van der Waals surface area (Å²) in [5.74, 6) is 0.796. The fraction of sp³-hybridized carbons (Fsp3) is 0.400. The predicted molar refractivity (Wildman–Crippen MR) is 90.6 cm³/mol. The van der Waals surface area contributed by atoms with E-state index in [1.165, 1.54) is 12.1 Å². The molecule has 124 valence electrons. The van der Waals surface area contributed by atoms with E-state index in [1.807, 2.05) is 6.92 Å². The van der Waals surface area contributed by atoms with E-state index in [4.69, 9.17) is 0 Å². The number of hydrogen-bond donors (Lipinski definition) is 0. The SMILES string of the molecule is CCS(=O)(=O)CC(C)N(C)c1ccc2cc([N+](=O)[O-])ccc2n1. The van der Waals surface area contributed by atoms with E-state index in [0.29, 0.717) is 16.7 Å². The lowest BCUT2D eigenvalue weighted by Gasteiger charge is -2.25. The molecule has 0 N–H and O–H groups in total. The summed E-state index contributed by atoms with van der Waals surface area (Å²) in [5.41, 5.74) is 0.647. The number of non-ortho nitro benzene ring substituents is 1. The summed E-state index contributed by atoms with van der Waals surface area (Å²) >= 11 is 0. The Morgan fingerprint density at radius 3 is 2.61 bits per heavy atom. The van der Waals surface area contributed by atoms with Crippen LogP contribution in [0.2, 0.25) is 0 Å². The van der Waals surface area contributed by atoms with Crippen LogP contribution < -0.4 is 4.90 Å². The van der Waals surface area contributed by atoms with E-state index in [9.17, 15) is 18.5 Å². The minimum Gasteiger partial charge on any atom is -0.356 e. The Kier molecular flexibility index (Phi) is 4.84. The molecule has 0 aliphatic carbocycles. The summed E-state index contributed by atoms with van der Waals surface area (Å²) in [7, 11) is -1.29. The molecular formula is C15H19N3O4S. The maximum atomic E-state index is 11.7.